The van der Waals surface area contributed by atoms with E-state index < -0.39 is 112 Å². The maximum absolute atomic E-state index is 13.5. The maximum atomic E-state index is 13.5. The zero-order chi connectivity index (χ0) is 47.3. The van der Waals surface area contributed by atoms with Gasteiger partial charge in [-0.15, -0.1) is 0 Å². The molecule has 1 saturated carbocycles. The number of rotatable bonds is 23. The van der Waals surface area contributed by atoms with E-state index in [-0.39, 0.29) is 19.3 Å². The first kappa shape index (κ1) is 58.3. The molecule has 17 heteroatoms. The number of aliphatic hydroxyl groups excluding tert-OH is 8. The Morgan fingerprint density at radius 1 is 0.750 bits per heavy atom. The van der Waals surface area contributed by atoms with E-state index in [0.29, 0.717) is 44.9 Å². The molecule has 0 aromatic rings. The highest BCUT2D eigenvalue weighted by molar-refractivity contribution is 7.47. The number of hydrogen-bond donors (Lipinski definition) is 9. The third kappa shape index (κ3) is 23.8. The first-order valence-electron chi connectivity index (χ1n) is 24.4. The maximum Gasteiger partial charge on any atom is 0.472 e. The van der Waals surface area contributed by atoms with Crippen LogP contribution >= 0.6 is 7.82 Å². The molecular weight excluding hydrogens is 851 g/mol. The average Bonchev–Trinajstić information content (AvgIpc) is 3.26. The van der Waals surface area contributed by atoms with Crippen molar-refractivity contribution in [1.29, 1.82) is 0 Å². The molecule has 2 fully saturated rings. The summed E-state index contributed by atoms with van der Waals surface area (Å²) in [4.78, 5) is 36.4. The molecule has 9 N–H and O–H groups in total. The lowest BCUT2D eigenvalue weighted by Crippen LogP contribution is -2.55. The predicted molar refractivity (Wildman–Crippen MR) is 242 cm³/mol. The number of phosphoric ester groups is 1. The molecule has 2 rings (SSSR count). The monoisotopic (exact) mass is 937 g/mol. The number of carbonyl (C=O) groups is 2. The third-order valence-corrected chi connectivity index (χ3v) is 13.3. The second-order valence-corrected chi connectivity index (χ2v) is 19.3. The van der Waals surface area contributed by atoms with E-state index in [4.69, 9.17) is 18.5 Å². The number of hydrogen-bond acceptors (Lipinski definition) is 15. The van der Waals surface area contributed by atoms with Gasteiger partial charge in [-0.1, -0.05) is 128 Å². The highest BCUT2D eigenvalue weighted by atomic mass is 31.2. The minimum atomic E-state index is -5.42. The molecule has 1 aliphatic heterocycles. The van der Waals surface area contributed by atoms with Crippen LogP contribution in [0.3, 0.4) is 0 Å². The normalized spacial score (nSPS) is 32.5. The van der Waals surface area contributed by atoms with Gasteiger partial charge in [0.1, 0.15) is 31.0 Å². The van der Waals surface area contributed by atoms with Gasteiger partial charge in [-0.3, -0.25) is 18.6 Å². The van der Waals surface area contributed by atoms with Crippen molar-refractivity contribution in [3.63, 3.8) is 0 Å². The molecule has 2 aliphatic rings. The topological polar surface area (TPSA) is 270 Å². The van der Waals surface area contributed by atoms with Gasteiger partial charge in [-0.2, -0.15) is 0 Å². The quantitative estimate of drug-likeness (QED) is 0.0246. The summed E-state index contributed by atoms with van der Waals surface area (Å²) < 4.78 is 34.7. The van der Waals surface area contributed by atoms with Gasteiger partial charge in [-0.25, -0.2) is 4.57 Å². The zero-order valence-electron chi connectivity index (χ0n) is 38.7. The van der Waals surface area contributed by atoms with Gasteiger partial charge in [-0.05, 0) is 51.4 Å². The fourth-order valence-corrected chi connectivity index (χ4v) is 9.29. The first-order valence-corrected chi connectivity index (χ1v) is 25.9. The summed E-state index contributed by atoms with van der Waals surface area (Å²) in [6.07, 6.45) is 6.87. The molecule has 1 heterocycles. The van der Waals surface area contributed by atoms with E-state index in [1.165, 1.54) is 37.8 Å². The summed E-state index contributed by atoms with van der Waals surface area (Å²) in [5.74, 6) is -3.87. The van der Waals surface area contributed by atoms with E-state index in [0.717, 1.165) is 64.2 Å². The number of unbranched alkanes of at least 4 members (excludes halogenated alkanes) is 13. The molecule has 0 aromatic heterocycles. The van der Waals surface area contributed by atoms with Crippen LogP contribution < -0.4 is 0 Å². The smallest absolute Gasteiger partial charge is 0.462 e. The van der Waals surface area contributed by atoms with Crippen molar-refractivity contribution in [1.82, 2.24) is 0 Å². The summed E-state index contributed by atoms with van der Waals surface area (Å²) in [7, 11) is -5.42. The van der Waals surface area contributed by atoms with E-state index >= 15 is 0 Å². The predicted octanol–water partition coefficient (Wildman–Crippen LogP) is 6.00. The van der Waals surface area contributed by atoms with Crippen LogP contribution in [0, 0.1) is 11.8 Å². The van der Waals surface area contributed by atoms with E-state index in [9.17, 15) is 59.9 Å². The van der Waals surface area contributed by atoms with Crippen molar-refractivity contribution in [3.8, 4) is 0 Å². The Morgan fingerprint density at radius 3 is 2.02 bits per heavy atom. The van der Waals surface area contributed by atoms with Crippen LogP contribution in [-0.2, 0) is 32.7 Å². The number of aliphatic hydroxyl groups is 8. The Bertz CT molecular complexity index is 1350. The van der Waals surface area contributed by atoms with Crippen molar-refractivity contribution in [3.05, 3.63) is 24.3 Å². The molecule has 1 unspecified atom stereocenters. The number of carbonyl (C=O) groups excluding carboxylic acids is 2. The fraction of sp³-hybridized carbons (Fsp3) is 0.872. The highest BCUT2D eigenvalue weighted by Crippen LogP contribution is 2.47. The van der Waals surface area contributed by atoms with Crippen LogP contribution in [0.4, 0.5) is 0 Å². The largest absolute Gasteiger partial charge is 0.472 e. The Morgan fingerprint density at radius 2 is 1.34 bits per heavy atom. The molecule has 2 bridgehead atoms. The molecule has 0 spiro atoms. The summed E-state index contributed by atoms with van der Waals surface area (Å²) in [6, 6.07) is 0. The molecular formula is C47H85O16P. The van der Waals surface area contributed by atoms with Gasteiger partial charge in [0.05, 0.1) is 37.1 Å². The van der Waals surface area contributed by atoms with Gasteiger partial charge in [0.15, 0.2) is 6.10 Å². The van der Waals surface area contributed by atoms with Gasteiger partial charge < -0.3 is 55.2 Å². The molecule has 13 atom stereocenters. The number of ether oxygens (including phenoxy) is 2. The Labute approximate surface area is 382 Å². The molecule has 0 aromatic carbocycles. The lowest BCUT2D eigenvalue weighted by atomic mass is 9.82. The van der Waals surface area contributed by atoms with Crippen molar-refractivity contribution >= 4 is 19.8 Å². The van der Waals surface area contributed by atoms with Gasteiger partial charge >= 0.3 is 19.8 Å². The van der Waals surface area contributed by atoms with E-state index in [1.807, 2.05) is 6.92 Å². The molecule has 374 valence electrons. The number of esters is 2. The third-order valence-electron chi connectivity index (χ3n) is 12.4. The lowest BCUT2D eigenvalue weighted by molar-refractivity contribution is -0.167. The van der Waals surface area contributed by atoms with Gasteiger partial charge in [0.2, 0.25) is 0 Å². The lowest BCUT2D eigenvalue weighted by Gasteiger charge is -2.37. The molecule has 16 nitrogen and oxygen atoms in total. The summed E-state index contributed by atoms with van der Waals surface area (Å²) in [5, 5.41) is 90.1. The van der Waals surface area contributed by atoms with Gasteiger partial charge in [0.25, 0.3) is 0 Å². The highest BCUT2D eigenvalue weighted by Gasteiger charge is 2.49. The zero-order valence-corrected chi connectivity index (χ0v) is 39.6. The fourth-order valence-electron chi connectivity index (χ4n) is 8.32. The SMILES string of the molecule is CCCCCC/C=C\CCCCCCCCCC(=O)OC[C@@H]1COP(=O)(O)O[C@H]2[C@H](O)[C@@H](O)[C@H](O)[C@@H](CCCCCCC(=O)O1)[C@@H](O)C[C@@H](O)[C@H](/C=C/[C@@H](O)CCCCC)[C@@H](O)[C@H]2O. The van der Waals surface area contributed by atoms with Crippen LogP contribution in [0.25, 0.3) is 0 Å². The standard InChI is InChI=1S/C47H85O16P/c1-3-5-7-8-9-10-11-12-13-14-15-16-17-18-23-27-40(51)60-32-35-33-61-64(58,59)63-47-45(56)43(54)37(30-29-34(48)25-21-6-4-2)39(50)31-38(49)36(42(53)44(55)46(47)57)26-22-19-20-24-28-41(52)62-35/h10-11,29-30,34-39,42-50,53-57H,3-9,12-28,31-33H2,1-2H3,(H,58,59)/b11-10-,30-29+/t34-,35+,36-,37-,38-,39+,42+,43+,44-,45+,46+,47+/m0/s1. The summed E-state index contributed by atoms with van der Waals surface area (Å²) in [5.41, 5.74) is 0. The molecule has 0 amide bonds. The van der Waals surface area contributed by atoms with Crippen LogP contribution in [0.2, 0.25) is 0 Å². The van der Waals surface area contributed by atoms with Crippen molar-refractivity contribution < 1.29 is 78.4 Å². The summed E-state index contributed by atoms with van der Waals surface area (Å²) in [6.45, 7) is 2.85. The molecule has 1 saturated heterocycles. The van der Waals surface area contributed by atoms with Crippen LogP contribution in [0.5, 0.6) is 0 Å². The Balaban J connectivity index is 2.13. The number of phosphoric acid groups is 1. The number of allylic oxidation sites excluding steroid dienone is 2. The minimum absolute atomic E-state index is 0.0479. The molecule has 64 heavy (non-hydrogen) atoms. The van der Waals surface area contributed by atoms with Crippen LogP contribution in [-0.4, -0.2) is 132 Å². The van der Waals surface area contributed by atoms with Crippen molar-refractivity contribution in [2.45, 2.75) is 235 Å². The van der Waals surface area contributed by atoms with Crippen molar-refractivity contribution in [2.75, 3.05) is 13.2 Å². The van der Waals surface area contributed by atoms with Crippen LogP contribution in [0.1, 0.15) is 174 Å². The second kappa shape index (κ2) is 33.6. The number of cyclic esters (lactones) is 1. The summed E-state index contributed by atoms with van der Waals surface area (Å²) >= 11 is 0. The van der Waals surface area contributed by atoms with Crippen LogP contribution in [0.15, 0.2) is 24.3 Å². The van der Waals surface area contributed by atoms with Gasteiger partial charge in [0, 0.05) is 31.1 Å². The number of fused-ring (bicyclic) bond motifs is 4. The minimum Gasteiger partial charge on any atom is -0.462 e. The van der Waals surface area contributed by atoms with E-state index in [2.05, 4.69) is 19.1 Å². The Hall–Kier alpha value is -1.79. The average molecular weight is 937 g/mol. The first-order chi connectivity index (χ1) is 30.6. The molecule has 0 radical (unpaired) electrons. The van der Waals surface area contributed by atoms with Crippen molar-refractivity contribution in [2.24, 2.45) is 11.8 Å². The van der Waals surface area contributed by atoms with E-state index in [1.54, 1.807) is 0 Å². The second-order valence-electron chi connectivity index (χ2n) is 17.9. The molecule has 1 aliphatic carbocycles. The Kier molecular flexibility index (Phi) is 30.7.